The molecule has 11 aromatic rings. The molecule has 5 aromatic heterocycles. The van der Waals surface area contributed by atoms with E-state index in [4.69, 9.17) is 9.97 Å². The van der Waals surface area contributed by atoms with Gasteiger partial charge in [0.15, 0.2) is 0 Å². The Morgan fingerprint density at radius 2 is 0.780 bits per heavy atom. The van der Waals surface area contributed by atoms with Gasteiger partial charge in [0.1, 0.15) is 18.0 Å². The Bertz CT molecular complexity index is 2880. The molecule has 0 radical (unpaired) electrons. The Morgan fingerprint density at radius 3 is 1.26 bits per heavy atom. The van der Waals surface area contributed by atoms with Crippen LogP contribution in [0.2, 0.25) is 0 Å². The SMILES string of the molecule is c1ccc(-n2ccc3cc4c5ccccc5n(-c5cc(-n6c7ccccc7c7cc8ccn(-c9ccccc9)c8cc76)ncn5)c4cc32)cc1. The van der Waals surface area contributed by atoms with Gasteiger partial charge in [-0.2, -0.15) is 0 Å². The van der Waals surface area contributed by atoms with Crippen molar-refractivity contribution in [1.82, 2.24) is 28.2 Å². The van der Waals surface area contributed by atoms with Crippen molar-refractivity contribution in [3.63, 3.8) is 0 Å². The number of fused-ring (bicyclic) bond motifs is 8. The quantitative estimate of drug-likeness (QED) is 0.192. The number of nitrogens with zero attached hydrogens (tertiary/aromatic N) is 6. The zero-order chi connectivity index (χ0) is 32.8. The number of rotatable bonds is 4. The van der Waals surface area contributed by atoms with Crippen LogP contribution in [0.4, 0.5) is 0 Å². The summed E-state index contributed by atoms with van der Waals surface area (Å²) in [6, 6.07) is 54.0. The number of para-hydroxylation sites is 4. The van der Waals surface area contributed by atoms with E-state index in [-0.39, 0.29) is 0 Å². The Hall–Kier alpha value is -6.92. The molecule has 11 rings (SSSR count). The van der Waals surface area contributed by atoms with Crippen LogP contribution in [0.5, 0.6) is 0 Å². The van der Waals surface area contributed by atoms with Crippen LogP contribution in [0, 0.1) is 0 Å². The molecular formula is C44H28N6. The maximum absolute atomic E-state index is 4.92. The van der Waals surface area contributed by atoms with Crippen LogP contribution in [-0.2, 0) is 0 Å². The highest BCUT2D eigenvalue weighted by atomic mass is 15.1. The van der Waals surface area contributed by atoms with Crippen LogP contribution in [0.3, 0.4) is 0 Å². The smallest absolute Gasteiger partial charge is 0.143 e. The van der Waals surface area contributed by atoms with Gasteiger partial charge in [0, 0.05) is 62.2 Å². The predicted octanol–water partition coefficient (Wildman–Crippen LogP) is 10.6. The number of hydrogen-bond acceptors (Lipinski definition) is 2. The fourth-order valence-corrected chi connectivity index (χ4v) is 7.90. The van der Waals surface area contributed by atoms with E-state index in [1.165, 1.54) is 32.3 Å². The normalized spacial score (nSPS) is 12.0. The highest BCUT2D eigenvalue weighted by molar-refractivity contribution is 6.14. The second-order valence-electron chi connectivity index (χ2n) is 12.8. The third-order valence-electron chi connectivity index (χ3n) is 10.1. The Morgan fingerprint density at radius 1 is 0.340 bits per heavy atom. The summed E-state index contributed by atoms with van der Waals surface area (Å²) >= 11 is 0. The van der Waals surface area contributed by atoms with E-state index in [1.54, 1.807) is 6.33 Å². The summed E-state index contributed by atoms with van der Waals surface area (Å²) in [5.41, 5.74) is 8.98. The molecule has 6 aromatic carbocycles. The summed E-state index contributed by atoms with van der Waals surface area (Å²) < 4.78 is 9.08. The van der Waals surface area contributed by atoms with Gasteiger partial charge in [-0.3, -0.25) is 9.13 Å². The monoisotopic (exact) mass is 640 g/mol. The molecule has 0 aliphatic heterocycles. The molecule has 0 N–H and O–H groups in total. The lowest BCUT2D eigenvalue weighted by molar-refractivity contribution is 0.987. The van der Waals surface area contributed by atoms with E-state index in [0.717, 1.165) is 56.1 Å². The van der Waals surface area contributed by atoms with Crippen molar-refractivity contribution >= 4 is 65.4 Å². The van der Waals surface area contributed by atoms with E-state index < -0.39 is 0 Å². The molecule has 234 valence electrons. The summed E-state index contributed by atoms with van der Waals surface area (Å²) in [5, 5.41) is 7.17. The molecule has 0 unspecified atom stereocenters. The van der Waals surface area contributed by atoms with Crippen molar-refractivity contribution in [1.29, 1.82) is 0 Å². The van der Waals surface area contributed by atoms with Crippen molar-refractivity contribution < 1.29 is 0 Å². The third kappa shape index (κ3) is 3.84. The topological polar surface area (TPSA) is 45.5 Å². The van der Waals surface area contributed by atoms with Crippen LogP contribution in [0.25, 0.3) is 88.4 Å². The minimum atomic E-state index is 0.818. The van der Waals surface area contributed by atoms with E-state index in [2.05, 4.69) is 182 Å². The Balaban J connectivity index is 1.17. The zero-order valence-electron chi connectivity index (χ0n) is 26.8. The average Bonchev–Trinajstić information content (AvgIpc) is 3.94. The van der Waals surface area contributed by atoms with Gasteiger partial charge in [-0.15, -0.1) is 0 Å². The highest BCUT2D eigenvalue weighted by Crippen LogP contribution is 2.38. The van der Waals surface area contributed by atoms with Crippen molar-refractivity contribution in [2.45, 2.75) is 0 Å². The molecule has 0 spiro atoms. The molecule has 5 heterocycles. The number of benzene rings is 6. The summed E-state index contributed by atoms with van der Waals surface area (Å²) in [4.78, 5) is 9.85. The van der Waals surface area contributed by atoms with Crippen LogP contribution in [0.15, 0.2) is 170 Å². The maximum atomic E-state index is 4.92. The van der Waals surface area contributed by atoms with Gasteiger partial charge in [-0.25, -0.2) is 9.97 Å². The molecule has 0 aliphatic carbocycles. The molecule has 0 saturated heterocycles. The van der Waals surface area contributed by atoms with Crippen molar-refractivity contribution in [2.75, 3.05) is 0 Å². The van der Waals surface area contributed by atoms with Crippen molar-refractivity contribution in [3.8, 4) is 23.0 Å². The molecule has 0 amide bonds. The maximum Gasteiger partial charge on any atom is 0.143 e. The summed E-state index contributed by atoms with van der Waals surface area (Å²) in [6.07, 6.45) is 6.01. The van der Waals surface area contributed by atoms with Crippen LogP contribution >= 0.6 is 0 Å². The molecular weight excluding hydrogens is 613 g/mol. The largest absolute Gasteiger partial charge is 0.316 e. The van der Waals surface area contributed by atoms with Gasteiger partial charge in [0.2, 0.25) is 0 Å². The van der Waals surface area contributed by atoms with Gasteiger partial charge in [-0.1, -0.05) is 72.8 Å². The van der Waals surface area contributed by atoms with Crippen molar-refractivity contribution in [3.05, 3.63) is 170 Å². The van der Waals surface area contributed by atoms with E-state index >= 15 is 0 Å². The first-order valence-corrected chi connectivity index (χ1v) is 16.8. The summed E-state index contributed by atoms with van der Waals surface area (Å²) in [7, 11) is 0. The van der Waals surface area contributed by atoms with Crippen LogP contribution in [0.1, 0.15) is 0 Å². The summed E-state index contributed by atoms with van der Waals surface area (Å²) in [6.45, 7) is 0. The van der Waals surface area contributed by atoms with Gasteiger partial charge in [-0.05, 0) is 72.8 Å². The van der Waals surface area contributed by atoms with E-state index in [1.807, 2.05) is 0 Å². The molecule has 6 heteroatoms. The number of hydrogen-bond donors (Lipinski definition) is 0. The second kappa shape index (κ2) is 10.3. The molecule has 6 nitrogen and oxygen atoms in total. The van der Waals surface area contributed by atoms with Gasteiger partial charge in [0.05, 0.1) is 33.1 Å². The molecule has 0 fully saturated rings. The van der Waals surface area contributed by atoms with Gasteiger partial charge in [0.25, 0.3) is 0 Å². The first-order valence-electron chi connectivity index (χ1n) is 16.8. The second-order valence-corrected chi connectivity index (χ2v) is 12.8. The van der Waals surface area contributed by atoms with E-state index in [0.29, 0.717) is 0 Å². The fraction of sp³-hybridized carbons (Fsp3) is 0. The minimum absolute atomic E-state index is 0.818. The standard InChI is InChI=1S/C44H28N6/c1-3-11-31(12-4-1)47-21-19-29-23-35-33-15-7-9-17-37(33)49(41(35)25-39(29)47)43-27-44(46-28-45-43)50-38-18-10-8-16-34(38)36-24-30-20-22-48(40(30)26-42(36)50)32-13-5-2-6-14-32/h1-28H. The Kier molecular flexibility index (Phi) is 5.57. The number of aromatic nitrogens is 6. The molecule has 0 atom stereocenters. The van der Waals surface area contributed by atoms with Crippen LogP contribution in [-0.4, -0.2) is 28.2 Å². The van der Waals surface area contributed by atoms with Gasteiger partial charge < -0.3 is 9.13 Å². The first kappa shape index (κ1) is 27.1. The zero-order valence-corrected chi connectivity index (χ0v) is 26.8. The van der Waals surface area contributed by atoms with Gasteiger partial charge >= 0.3 is 0 Å². The minimum Gasteiger partial charge on any atom is -0.316 e. The lowest BCUT2D eigenvalue weighted by Crippen LogP contribution is -2.03. The fourth-order valence-electron chi connectivity index (χ4n) is 7.90. The molecule has 50 heavy (non-hydrogen) atoms. The van der Waals surface area contributed by atoms with E-state index in [9.17, 15) is 0 Å². The van der Waals surface area contributed by atoms with Crippen LogP contribution < -0.4 is 0 Å². The highest BCUT2D eigenvalue weighted by Gasteiger charge is 2.19. The lowest BCUT2D eigenvalue weighted by atomic mass is 10.1. The first-order chi connectivity index (χ1) is 24.8. The molecule has 0 saturated carbocycles. The average molecular weight is 641 g/mol. The molecule has 0 aliphatic rings. The lowest BCUT2D eigenvalue weighted by Gasteiger charge is -2.12. The van der Waals surface area contributed by atoms with Crippen molar-refractivity contribution in [2.24, 2.45) is 0 Å². The molecule has 0 bridgehead atoms. The Labute approximate surface area is 286 Å². The third-order valence-corrected chi connectivity index (χ3v) is 10.1. The predicted molar refractivity (Wildman–Crippen MR) is 204 cm³/mol. The summed E-state index contributed by atoms with van der Waals surface area (Å²) in [5.74, 6) is 1.64.